The number of hydrogen-bond acceptors (Lipinski definition) is 4. The number of carbonyl (C=O) groups excluding carboxylic acids is 1. The van der Waals surface area contributed by atoms with Crippen molar-refractivity contribution in [3.05, 3.63) is 23.9 Å². The van der Waals surface area contributed by atoms with E-state index in [2.05, 4.69) is 4.98 Å². The Bertz CT molecular complexity index is 387. The van der Waals surface area contributed by atoms with Crippen LogP contribution in [0.1, 0.15) is 42.5 Å². The first kappa shape index (κ1) is 11.9. The average molecular weight is 234 g/mol. The molecule has 0 radical (unpaired) electrons. The molecule has 1 heterocycles. The molecule has 0 unspecified atom stereocenters. The number of rotatable bonds is 3. The van der Waals surface area contributed by atoms with Crippen molar-refractivity contribution >= 4 is 11.8 Å². The summed E-state index contributed by atoms with van der Waals surface area (Å²) in [6, 6.07) is 3.17. The van der Waals surface area contributed by atoms with Crippen LogP contribution in [0.2, 0.25) is 0 Å². The van der Waals surface area contributed by atoms with Crippen molar-refractivity contribution in [2.24, 2.45) is 5.92 Å². The highest BCUT2D eigenvalue weighted by Crippen LogP contribution is 2.23. The number of aromatic nitrogens is 1. The highest BCUT2D eigenvalue weighted by atomic mass is 16.5. The topological polar surface area (TPSA) is 65.2 Å². The number of hydrogen-bond donors (Lipinski definition) is 1. The van der Waals surface area contributed by atoms with E-state index in [9.17, 15) is 4.79 Å². The molecule has 4 nitrogen and oxygen atoms in total. The lowest BCUT2D eigenvalue weighted by atomic mass is 9.90. The third kappa shape index (κ3) is 3.44. The minimum absolute atomic E-state index is 0.301. The minimum atomic E-state index is -0.301. The van der Waals surface area contributed by atoms with E-state index < -0.39 is 0 Å². The first-order chi connectivity index (χ1) is 8.25. The number of carbonyl (C=O) groups is 1. The molecule has 92 valence electrons. The summed E-state index contributed by atoms with van der Waals surface area (Å²) in [5.74, 6) is 0.577. The molecule has 1 saturated carbocycles. The van der Waals surface area contributed by atoms with Crippen LogP contribution in [-0.4, -0.2) is 17.6 Å². The number of nitrogens with zero attached hydrogens (tertiary/aromatic N) is 1. The molecule has 1 aliphatic carbocycles. The first-order valence-corrected chi connectivity index (χ1v) is 6.14. The summed E-state index contributed by atoms with van der Waals surface area (Å²) < 4.78 is 5.30. The molecule has 17 heavy (non-hydrogen) atoms. The van der Waals surface area contributed by atoms with Crippen molar-refractivity contribution in [1.29, 1.82) is 0 Å². The maximum Gasteiger partial charge on any atom is 0.338 e. The molecule has 2 rings (SSSR count). The zero-order chi connectivity index (χ0) is 12.1. The van der Waals surface area contributed by atoms with E-state index in [4.69, 9.17) is 10.5 Å². The minimum Gasteiger partial charge on any atom is -0.462 e. The molecule has 1 aromatic rings. The number of esters is 1. The lowest BCUT2D eigenvalue weighted by Gasteiger charge is -2.20. The SMILES string of the molecule is Nc1cc(C(=O)OCC2CCCCC2)ccn1. The number of nitrogen functional groups attached to an aromatic ring is 1. The van der Waals surface area contributed by atoms with Gasteiger partial charge in [-0.25, -0.2) is 9.78 Å². The fourth-order valence-electron chi connectivity index (χ4n) is 2.21. The van der Waals surface area contributed by atoms with Crippen LogP contribution in [0.5, 0.6) is 0 Å². The number of anilines is 1. The summed E-state index contributed by atoms with van der Waals surface area (Å²) in [5, 5.41) is 0. The van der Waals surface area contributed by atoms with Gasteiger partial charge in [-0.3, -0.25) is 0 Å². The molecule has 1 aromatic heterocycles. The molecule has 0 bridgehead atoms. The van der Waals surface area contributed by atoms with Crippen LogP contribution in [0, 0.1) is 5.92 Å². The Labute approximate surface area is 101 Å². The molecule has 0 aliphatic heterocycles. The maximum absolute atomic E-state index is 11.7. The standard InChI is InChI=1S/C13H18N2O2/c14-12-8-11(6-7-15-12)13(16)17-9-10-4-2-1-3-5-10/h6-8,10H,1-5,9H2,(H2,14,15). The highest BCUT2D eigenvalue weighted by Gasteiger charge is 2.16. The van der Waals surface area contributed by atoms with Crippen LogP contribution in [0.25, 0.3) is 0 Å². The second-order valence-corrected chi connectivity index (χ2v) is 4.57. The second kappa shape index (κ2) is 5.66. The predicted octanol–water partition coefficient (Wildman–Crippen LogP) is 2.40. The van der Waals surface area contributed by atoms with Gasteiger partial charge in [0.25, 0.3) is 0 Å². The molecule has 0 aromatic carbocycles. The van der Waals surface area contributed by atoms with Gasteiger partial charge in [0.15, 0.2) is 0 Å². The second-order valence-electron chi connectivity index (χ2n) is 4.57. The summed E-state index contributed by atoms with van der Waals surface area (Å²) in [5.41, 5.74) is 6.00. The average Bonchev–Trinajstić information content (AvgIpc) is 2.37. The van der Waals surface area contributed by atoms with E-state index in [1.54, 1.807) is 12.1 Å². The smallest absolute Gasteiger partial charge is 0.338 e. The van der Waals surface area contributed by atoms with E-state index >= 15 is 0 Å². The Morgan fingerprint density at radius 2 is 2.18 bits per heavy atom. The van der Waals surface area contributed by atoms with Gasteiger partial charge in [0, 0.05) is 6.20 Å². The summed E-state index contributed by atoms with van der Waals surface area (Å²) in [7, 11) is 0. The Morgan fingerprint density at radius 3 is 2.88 bits per heavy atom. The number of ether oxygens (including phenoxy) is 1. The van der Waals surface area contributed by atoms with Crippen molar-refractivity contribution in [3.8, 4) is 0 Å². The normalized spacial score (nSPS) is 16.7. The Balaban J connectivity index is 1.84. The quantitative estimate of drug-likeness (QED) is 0.815. The number of pyridine rings is 1. The molecule has 2 N–H and O–H groups in total. The molecular formula is C13H18N2O2. The summed E-state index contributed by atoms with van der Waals surface area (Å²) >= 11 is 0. The lowest BCUT2D eigenvalue weighted by Crippen LogP contribution is -2.17. The molecular weight excluding hydrogens is 216 g/mol. The van der Waals surface area contributed by atoms with E-state index in [0.29, 0.717) is 23.9 Å². The Kier molecular flexibility index (Phi) is 3.96. The Morgan fingerprint density at radius 1 is 1.41 bits per heavy atom. The van der Waals surface area contributed by atoms with Crippen molar-refractivity contribution in [1.82, 2.24) is 4.98 Å². The number of nitrogens with two attached hydrogens (primary N) is 1. The molecule has 1 aliphatic rings. The summed E-state index contributed by atoms with van der Waals surface area (Å²) in [6.07, 6.45) is 7.68. The van der Waals surface area contributed by atoms with Gasteiger partial charge in [-0.1, -0.05) is 19.3 Å². The largest absolute Gasteiger partial charge is 0.462 e. The first-order valence-electron chi connectivity index (χ1n) is 6.14. The lowest BCUT2D eigenvalue weighted by molar-refractivity contribution is 0.0410. The van der Waals surface area contributed by atoms with Crippen molar-refractivity contribution in [2.75, 3.05) is 12.3 Å². The Hall–Kier alpha value is -1.58. The van der Waals surface area contributed by atoms with Gasteiger partial charge < -0.3 is 10.5 Å². The van der Waals surface area contributed by atoms with Crippen LogP contribution in [0.4, 0.5) is 5.82 Å². The van der Waals surface area contributed by atoms with E-state index in [1.807, 2.05) is 0 Å². The van der Waals surface area contributed by atoms with Gasteiger partial charge in [0.2, 0.25) is 0 Å². The van der Waals surface area contributed by atoms with Crippen molar-refractivity contribution < 1.29 is 9.53 Å². The van der Waals surface area contributed by atoms with Crippen LogP contribution >= 0.6 is 0 Å². The van der Waals surface area contributed by atoms with Crippen LogP contribution in [0.15, 0.2) is 18.3 Å². The zero-order valence-electron chi connectivity index (χ0n) is 9.89. The third-order valence-electron chi connectivity index (χ3n) is 3.19. The molecule has 4 heteroatoms. The summed E-state index contributed by atoms with van der Waals surface area (Å²) in [6.45, 7) is 0.529. The predicted molar refractivity (Wildman–Crippen MR) is 65.5 cm³/mol. The monoisotopic (exact) mass is 234 g/mol. The van der Waals surface area contributed by atoms with Gasteiger partial charge in [0.1, 0.15) is 5.82 Å². The zero-order valence-corrected chi connectivity index (χ0v) is 9.89. The highest BCUT2D eigenvalue weighted by molar-refractivity contribution is 5.89. The van der Waals surface area contributed by atoms with E-state index in [1.165, 1.54) is 38.3 Å². The van der Waals surface area contributed by atoms with Crippen LogP contribution < -0.4 is 5.73 Å². The molecule has 0 amide bonds. The molecule has 0 saturated heterocycles. The maximum atomic E-state index is 11.7. The van der Waals surface area contributed by atoms with Gasteiger partial charge in [0.05, 0.1) is 12.2 Å². The van der Waals surface area contributed by atoms with Gasteiger partial charge in [-0.15, -0.1) is 0 Å². The van der Waals surface area contributed by atoms with Gasteiger partial charge in [-0.05, 0) is 30.9 Å². The van der Waals surface area contributed by atoms with Gasteiger partial charge in [-0.2, -0.15) is 0 Å². The van der Waals surface area contributed by atoms with Crippen molar-refractivity contribution in [3.63, 3.8) is 0 Å². The summed E-state index contributed by atoms with van der Waals surface area (Å²) in [4.78, 5) is 15.6. The van der Waals surface area contributed by atoms with Crippen LogP contribution in [-0.2, 0) is 4.74 Å². The molecule has 0 spiro atoms. The van der Waals surface area contributed by atoms with Crippen LogP contribution in [0.3, 0.4) is 0 Å². The van der Waals surface area contributed by atoms with Crippen molar-refractivity contribution in [2.45, 2.75) is 32.1 Å². The fraction of sp³-hybridized carbons (Fsp3) is 0.538. The molecule has 0 atom stereocenters. The van der Waals surface area contributed by atoms with E-state index in [-0.39, 0.29) is 5.97 Å². The van der Waals surface area contributed by atoms with Gasteiger partial charge >= 0.3 is 5.97 Å². The third-order valence-corrected chi connectivity index (χ3v) is 3.19. The fourth-order valence-corrected chi connectivity index (χ4v) is 2.21. The van der Waals surface area contributed by atoms with E-state index in [0.717, 1.165) is 0 Å². The molecule has 1 fully saturated rings.